The van der Waals surface area contributed by atoms with Crippen molar-refractivity contribution >= 4 is 54.8 Å². The minimum Gasteiger partial charge on any atom is -0.325 e. The average molecular weight is 404 g/mol. The molecule has 5 nitrogen and oxygen atoms in total. The van der Waals surface area contributed by atoms with Gasteiger partial charge in [-0.1, -0.05) is 33.6 Å². The summed E-state index contributed by atoms with van der Waals surface area (Å²) in [6, 6.07) is 10.8. The first kappa shape index (κ1) is 16.8. The van der Waals surface area contributed by atoms with Crippen molar-refractivity contribution < 1.29 is 13.2 Å². The Bertz CT molecular complexity index is 825. The molecule has 0 heterocycles. The van der Waals surface area contributed by atoms with E-state index in [4.69, 9.17) is 11.6 Å². The second-order valence-corrected chi connectivity index (χ2v) is 7.44. The SMILES string of the molecule is CC(=O)Nc1ccc(NS(=O)(=O)c2cccc(Br)c2)cc1Cl. The molecule has 0 saturated carbocycles. The molecule has 1 amide bonds. The molecule has 2 N–H and O–H groups in total. The molecule has 2 rings (SSSR count). The molecule has 0 fully saturated rings. The smallest absolute Gasteiger partial charge is 0.261 e. The molecular formula is C14H12BrClN2O3S. The lowest BCUT2D eigenvalue weighted by Gasteiger charge is -2.11. The average Bonchev–Trinajstić information content (AvgIpc) is 2.41. The highest BCUT2D eigenvalue weighted by atomic mass is 79.9. The van der Waals surface area contributed by atoms with Crippen LogP contribution in [-0.2, 0) is 14.8 Å². The quantitative estimate of drug-likeness (QED) is 0.814. The second kappa shape index (κ2) is 6.68. The third-order valence-corrected chi connectivity index (χ3v) is 4.82. The highest BCUT2D eigenvalue weighted by molar-refractivity contribution is 9.10. The number of halogens is 2. The summed E-state index contributed by atoms with van der Waals surface area (Å²) in [4.78, 5) is 11.1. The van der Waals surface area contributed by atoms with Gasteiger partial charge >= 0.3 is 0 Å². The molecule has 0 saturated heterocycles. The minimum absolute atomic E-state index is 0.129. The molecule has 22 heavy (non-hydrogen) atoms. The lowest BCUT2D eigenvalue weighted by molar-refractivity contribution is -0.114. The number of anilines is 2. The Balaban J connectivity index is 2.27. The molecule has 0 spiro atoms. The zero-order valence-corrected chi connectivity index (χ0v) is 14.6. The largest absolute Gasteiger partial charge is 0.325 e. The molecule has 2 aromatic carbocycles. The Hall–Kier alpha value is -1.57. The molecule has 0 aliphatic heterocycles. The lowest BCUT2D eigenvalue weighted by Crippen LogP contribution is -2.13. The Morgan fingerprint density at radius 2 is 1.91 bits per heavy atom. The van der Waals surface area contributed by atoms with Crippen molar-refractivity contribution in [2.24, 2.45) is 0 Å². The van der Waals surface area contributed by atoms with Gasteiger partial charge in [0.2, 0.25) is 5.91 Å². The van der Waals surface area contributed by atoms with Crippen LogP contribution in [0.15, 0.2) is 51.8 Å². The van der Waals surface area contributed by atoms with Gasteiger partial charge in [-0.2, -0.15) is 0 Å². The molecule has 0 aliphatic rings. The van der Waals surface area contributed by atoms with Crippen LogP contribution in [0.1, 0.15) is 6.92 Å². The van der Waals surface area contributed by atoms with E-state index in [1.165, 1.54) is 37.3 Å². The van der Waals surface area contributed by atoms with E-state index in [1.807, 2.05) is 0 Å². The number of rotatable bonds is 4. The summed E-state index contributed by atoms with van der Waals surface area (Å²) in [7, 11) is -3.71. The van der Waals surface area contributed by atoms with Gasteiger partial charge in [-0.25, -0.2) is 8.42 Å². The molecule has 0 unspecified atom stereocenters. The van der Waals surface area contributed by atoms with Crippen LogP contribution in [0.5, 0.6) is 0 Å². The van der Waals surface area contributed by atoms with E-state index in [1.54, 1.807) is 12.1 Å². The number of hydrogen-bond acceptors (Lipinski definition) is 3. The van der Waals surface area contributed by atoms with Crippen LogP contribution in [0, 0.1) is 0 Å². The number of carbonyl (C=O) groups is 1. The van der Waals surface area contributed by atoms with Gasteiger partial charge in [-0.15, -0.1) is 0 Å². The zero-order chi connectivity index (χ0) is 16.3. The number of sulfonamides is 1. The van der Waals surface area contributed by atoms with Crippen molar-refractivity contribution in [1.82, 2.24) is 0 Å². The van der Waals surface area contributed by atoms with Crippen molar-refractivity contribution in [2.75, 3.05) is 10.0 Å². The number of amides is 1. The van der Waals surface area contributed by atoms with E-state index < -0.39 is 10.0 Å². The first-order valence-electron chi connectivity index (χ1n) is 6.13. The molecule has 0 aliphatic carbocycles. The summed E-state index contributed by atoms with van der Waals surface area (Å²) in [5, 5.41) is 2.79. The first-order chi connectivity index (χ1) is 10.3. The van der Waals surface area contributed by atoms with Crippen molar-refractivity contribution in [3.05, 3.63) is 52.0 Å². The normalized spacial score (nSPS) is 11.0. The van der Waals surface area contributed by atoms with Gasteiger partial charge in [0.1, 0.15) is 0 Å². The maximum absolute atomic E-state index is 12.3. The summed E-state index contributed by atoms with van der Waals surface area (Å²) in [6.45, 7) is 1.36. The number of carbonyl (C=O) groups excluding carboxylic acids is 1. The monoisotopic (exact) mass is 402 g/mol. The molecule has 0 atom stereocenters. The van der Waals surface area contributed by atoms with Crippen LogP contribution < -0.4 is 10.0 Å². The Morgan fingerprint density at radius 3 is 2.50 bits per heavy atom. The van der Waals surface area contributed by atoms with Gasteiger partial charge in [0.25, 0.3) is 10.0 Å². The number of hydrogen-bond donors (Lipinski definition) is 2. The molecule has 0 bridgehead atoms. The van der Waals surface area contributed by atoms with E-state index in [9.17, 15) is 13.2 Å². The topological polar surface area (TPSA) is 75.3 Å². The fraction of sp³-hybridized carbons (Fsp3) is 0.0714. The van der Waals surface area contributed by atoms with Crippen molar-refractivity contribution in [1.29, 1.82) is 0 Å². The van der Waals surface area contributed by atoms with Crippen molar-refractivity contribution in [3.8, 4) is 0 Å². The Morgan fingerprint density at radius 1 is 1.18 bits per heavy atom. The highest BCUT2D eigenvalue weighted by Gasteiger charge is 2.15. The number of nitrogens with one attached hydrogen (secondary N) is 2. The zero-order valence-electron chi connectivity index (χ0n) is 11.4. The standard InChI is InChI=1S/C14H12BrClN2O3S/c1-9(19)17-14-6-5-11(8-13(14)16)18-22(20,21)12-4-2-3-10(15)7-12/h2-8,18H,1H3,(H,17,19). The van der Waals surface area contributed by atoms with Crippen LogP contribution in [0.3, 0.4) is 0 Å². The third-order valence-electron chi connectivity index (χ3n) is 2.64. The molecule has 0 radical (unpaired) electrons. The van der Waals surface area contributed by atoms with E-state index >= 15 is 0 Å². The van der Waals surface area contributed by atoms with Crippen molar-refractivity contribution in [2.45, 2.75) is 11.8 Å². The summed E-state index contributed by atoms with van der Waals surface area (Å²) in [5.41, 5.74) is 0.721. The van der Waals surface area contributed by atoms with Crippen LogP contribution in [-0.4, -0.2) is 14.3 Å². The van der Waals surface area contributed by atoms with Crippen LogP contribution in [0.25, 0.3) is 0 Å². The fourth-order valence-corrected chi connectivity index (χ4v) is 3.59. The first-order valence-corrected chi connectivity index (χ1v) is 8.79. The molecule has 116 valence electrons. The Labute approximate surface area is 141 Å². The maximum atomic E-state index is 12.3. The van der Waals surface area contributed by atoms with Gasteiger partial charge < -0.3 is 5.32 Å². The third kappa shape index (κ3) is 4.22. The van der Waals surface area contributed by atoms with Gasteiger partial charge in [-0.05, 0) is 36.4 Å². The molecular weight excluding hydrogens is 392 g/mol. The highest BCUT2D eigenvalue weighted by Crippen LogP contribution is 2.27. The molecule has 0 aromatic heterocycles. The maximum Gasteiger partial charge on any atom is 0.261 e. The summed E-state index contributed by atoms with van der Waals surface area (Å²) in [6.07, 6.45) is 0. The van der Waals surface area contributed by atoms with Gasteiger partial charge in [0.05, 0.1) is 21.3 Å². The lowest BCUT2D eigenvalue weighted by atomic mass is 10.3. The van der Waals surface area contributed by atoms with Gasteiger partial charge in [0, 0.05) is 11.4 Å². The van der Waals surface area contributed by atoms with Crippen LogP contribution >= 0.6 is 27.5 Å². The van der Waals surface area contributed by atoms with Crippen molar-refractivity contribution in [3.63, 3.8) is 0 Å². The summed E-state index contributed by atoms with van der Waals surface area (Å²) in [5.74, 6) is -0.260. The second-order valence-electron chi connectivity index (χ2n) is 4.44. The van der Waals surface area contributed by atoms with Crippen LogP contribution in [0.4, 0.5) is 11.4 Å². The van der Waals surface area contributed by atoms with E-state index in [-0.39, 0.29) is 15.8 Å². The van der Waals surface area contributed by atoms with Gasteiger partial charge in [0.15, 0.2) is 0 Å². The Kier molecular flexibility index (Phi) is 5.10. The minimum atomic E-state index is -3.71. The fourth-order valence-electron chi connectivity index (χ4n) is 1.72. The van der Waals surface area contributed by atoms with Crippen LogP contribution in [0.2, 0.25) is 5.02 Å². The summed E-state index contributed by atoms with van der Waals surface area (Å²) < 4.78 is 27.7. The van der Waals surface area contributed by atoms with E-state index in [0.29, 0.717) is 15.8 Å². The molecule has 2 aromatic rings. The van der Waals surface area contributed by atoms with E-state index in [0.717, 1.165) is 0 Å². The number of benzene rings is 2. The predicted octanol–water partition coefficient (Wildman–Crippen LogP) is 3.86. The predicted molar refractivity (Wildman–Crippen MR) is 90.7 cm³/mol. The van der Waals surface area contributed by atoms with E-state index in [2.05, 4.69) is 26.0 Å². The molecule has 8 heteroatoms. The summed E-state index contributed by atoms with van der Waals surface area (Å²) >= 11 is 9.25. The van der Waals surface area contributed by atoms with Gasteiger partial charge in [-0.3, -0.25) is 9.52 Å².